The largest absolute Gasteiger partial charge is 0.504 e. The number of non-ortho nitro benzene ring substituents is 1. The van der Waals surface area contributed by atoms with Crippen molar-refractivity contribution >= 4 is 29.4 Å². The Balaban J connectivity index is 2.60. The van der Waals surface area contributed by atoms with Crippen LogP contribution in [0.3, 0.4) is 0 Å². The molecule has 0 aromatic heterocycles. The van der Waals surface area contributed by atoms with Crippen molar-refractivity contribution in [1.29, 1.82) is 0 Å². The van der Waals surface area contributed by atoms with E-state index in [1.165, 1.54) is 13.2 Å². The van der Waals surface area contributed by atoms with Gasteiger partial charge in [0, 0.05) is 11.0 Å². The summed E-state index contributed by atoms with van der Waals surface area (Å²) >= 11 is 0.720. The topological polar surface area (TPSA) is 153 Å². The van der Waals surface area contributed by atoms with Gasteiger partial charge < -0.3 is 14.9 Å². The molecule has 11 heteroatoms. The molecule has 0 aliphatic heterocycles. The summed E-state index contributed by atoms with van der Waals surface area (Å²) in [7, 11) is 1.22. The predicted octanol–water partition coefficient (Wildman–Crippen LogP) is 2.89. The fourth-order valence-corrected chi connectivity index (χ4v) is 2.98. The van der Waals surface area contributed by atoms with Crippen molar-refractivity contribution in [1.82, 2.24) is 0 Å². The molecule has 2 aromatic rings. The number of aldehydes is 1. The SMILES string of the molecule is COc1cc(Sc2ccc([N+](=O)[O-])cc2[N+](=O)[O-])c(C=O)c(O)c1O. The van der Waals surface area contributed by atoms with Gasteiger partial charge in [0.05, 0.1) is 33.5 Å². The van der Waals surface area contributed by atoms with E-state index in [9.17, 15) is 35.2 Å². The molecule has 0 saturated carbocycles. The van der Waals surface area contributed by atoms with Crippen molar-refractivity contribution < 1.29 is 29.6 Å². The van der Waals surface area contributed by atoms with Gasteiger partial charge in [0.2, 0.25) is 5.75 Å². The molecule has 0 atom stereocenters. The van der Waals surface area contributed by atoms with Gasteiger partial charge in [-0.05, 0) is 12.1 Å². The Bertz CT molecular complexity index is 884. The zero-order chi connectivity index (χ0) is 18.7. The lowest BCUT2D eigenvalue weighted by Gasteiger charge is -2.12. The van der Waals surface area contributed by atoms with Gasteiger partial charge in [-0.3, -0.25) is 25.0 Å². The third kappa shape index (κ3) is 3.45. The third-order valence-electron chi connectivity index (χ3n) is 3.15. The Labute approximate surface area is 144 Å². The van der Waals surface area contributed by atoms with E-state index in [2.05, 4.69) is 0 Å². The van der Waals surface area contributed by atoms with Crippen LogP contribution in [0, 0.1) is 20.2 Å². The lowest BCUT2D eigenvalue weighted by atomic mass is 10.2. The summed E-state index contributed by atoms with van der Waals surface area (Å²) in [6.45, 7) is 0. The van der Waals surface area contributed by atoms with Gasteiger partial charge in [-0.1, -0.05) is 11.8 Å². The number of hydrogen-bond donors (Lipinski definition) is 2. The van der Waals surface area contributed by atoms with Crippen LogP contribution in [0.15, 0.2) is 34.1 Å². The summed E-state index contributed by atoms with van der Waals surface area (Å²) in [4.78, 5) is 31.6. The first-order valence-corrected chi connectivity index (χ1v) is 7.30. The molecular weight excluding hydrogens is 356 g/mol. The normalized spacial score (nSPS) is 10.3. The van der Waals surface area contributed by atoms with E-state index in [1.807, 2.05) is 0 Å². The molecule has 0 bridgehead atoms. The number of methoxy groups -OCH3 is 1. The predicted molar refractivity (Wildman–Crippen MR) is 85.6 cm³/mol. The van der Waals surface area contributed by atoms with Crippen LogP contribution in [0.25, 0.3) is 0 Å². The molecule has 0 aliphatic rings. The fourth-order valence-electron chi connectivity index (χ4n) is 1.95. The first-order chi connectivity index (χ1) is 11.8. The van der Waals surface area contributed by atoms with E-state index in [4.69, 9.17) is 4.74 Å². The number of hydrogen-bond acceptors (Lipinski definition) is 9. The number of carbonyl (C=O) groups is 1. The number of carbonyl (C=O) groups excluding carboxylic acids is 1. The number of nitro groups is 2. The van der Waals surface area contributed by atoms with Crippen LogP contribution < -0.4 is 4.74 Å². The summed E-state index contributed by atoms with van der Waals surface area (Å²) in [5.41, 5.74) is -1.30. The van der Waals surface area contributed by atoms with Crippen molar-refractivity contribution in [2.24, 2.45) is 0 Å². The van der Waals surface area contributed by atoms with Crippen molar-refractivity contribution in [2.75, 3.05) is 7.11 Å². The van der Waals surface area contributed by atoms with E-state index >= 15 is 0 Å². The highest BCUT2D eigenvalue weighted by molar-refractivity contribution is 7.99. The smallest absolute Gasteiger partial charge is 0.290 e. The lowest BCUT2D eigenvalue weighted by Crippen LogP contribution is -1.96. The lowest BCUT2D eigenvalue weighted by molar-refractivity contribution is -0.396. The number of phenols is 2. The monoisotopic (exact) mass is 366 g/mol. The average Bonchev–Trinajstić information content (AvgIpc) is 2.58. The van der Waals surface area contributed by atoms with Crippen molar-refractivity contribution in [2.45, 2.75) is 9.79 Å². The van der Waals surface area contributed by atoms with Gasteiger partial charge in [0.25, 0.3) is 11.4 Å². The minimum absolute atomic E-state index is 0.00541. The van der Waals surface area contributed by atoms with Gasteiger partial charge in [0.1, 0.15) is 0 Å². The Morgan fingerprint density at radius 2 is 1.76 bits per heavy atom. The highest BCUT2D eigenvalue weighted by Crippen LogP contribution is 2.46. The Kier molecular flexibility index (Phi) is 5.08. The standard InChI is InChI=1S/C14H10N2O8S/c1-24-10-5-12(8(6-17)13(18)14(10)19)25-11-3-2-7(15(20)21)4-9(11)16(22)23/h2-6,18-19H,1H3. The molecule has 2 aromatic carbocycles. The number of aromatic hydroxyl groups is 2. The number of nitro benzene ring substituents is 2. The Morgan fingerprint density at radius 1 is 1.08 bits per heavy atom. The zero-order valence-electron chi connectivity index (χ0n) is 12.5. The van der Waals surface area contributed by atoms with E-state index in [0.29, 0.717) is 0 Å². The molecular formula is C14H10N2O8S. The molecule has 0 saturated heterocycles. The Hall–Kier alpha value is -3.34. The van der Waals surface area contributed by atoms with Crippen molar-refractivity contribution in [3.63, 3.8) is 0 Å². The quantitative estimate of drug-likeness (QED) is 0.340. The highest BCUT2D eigenvalue weighted by atomic mass is 32.2. The highest BCUT2D eigenvalue weighted by Gasteiger charge is 2.24. The van der Waals surface area contributed by atoms with Crippen LogP contribution in [0.5, 0.6) is 17.2 Å². The molecule has 0 unspecified atom stereocenters. The van der Waals surface area contributed by atoms with Crippen LogP contribution in [0.2, 0.25) is 0 Å². The Morgan fingerprint density at radius 3 is 2.28 bits per heavy atom. The molecule has 2 N–H and O–H groups in total. The fraction of sp³-hybridized carbons (Fsp3) is 0.0714. The number of phenolic OH excluding ortho intramolecular Hbond substituents is 2. The maximum Gasteiger partial charge on any atom is 0.290 e. The first-order valence-electron chi connectivity index (χ1n) is 6.49. The first kappa shape index (κ1) is 18.0. The summed E-state index contributed by atoms with van der Waals surface area (Å²) < 4.78 is 4.87. The van der Waals surface area contributed by atoms with Crippen LogP contribution in [0.1, 0.15) is 10.4 Å². The van der Waals surface area contributed by atoms with Crippen LogP contribution in [-0.4, -0.2) is 33.5 Å². The van der Waals surface area contributed by atoms with Crippen LogP contribution in [0.4, 0.5) is 11.4 Å². The van der Waals surface area contributed by atoms with E-state index in [1.54, 1.807) is 0 Å². The van der Waals surface area contributed by atoms with Gasteiger partial charge in [-0.25, -0.2) is 0 Å². The van der Waals surface area contributed by atoms with E-state index < -0.39 is 32.7 Å². The third-order valence-corrected chi connectivity index (χ3v) is 4.27. The maximum absolute atomic E-state index is 11.2. The molecule has 0 fully saturated rings. The van der Waals surface area contributed by atoms with E-state index in [-0.39, 0.29) is 27.4 Å². The molecule has 0 radical (unpaired) electrons. The van der Waals surface area contributed by atoms with Crippen molar-refractivity contribution in [3.8, 4) is 17.2 Å². The molecule has 25 heavy (non-hydrogen) atoms. The zero-order valence-corrected chi connectivity index (χ0v) is 13.3. The minimum Gasteiger partial charge on any atom is -0.504 e. The van der Waals surface area contributed by atoms with Crippen LogP contribution >= 0.6 is 11.8 Å². The van der Waals surface area contributed by atoms with Gasteiger partial charge >= 0.3 is 0 Å². The summed E-state index contributed by atoms with van der Waals surface area (Å²) in [5.74, 6) is -1.52. The maximum atomic E-state index is 11.2. The summed E-state index contributed by atoms with van der Waals surface area (Å²) in [6.07, 6.45) is 0.272. The summed E-state index contributed by atoms with van der Waals surface area (Å²) in [6, 6.07) is 4.24. The number of rotatable bonds is 6. The second-order valence-electron chi connectivity index (χ2n) is 4.57. The molecule has 2 rings (SSSR count). The molecule has 10 nitrogen and oxygen atoms in total. The number of nitrogens with zero attached hydrogens (tertiary/aromatic N) is 2. The average molecular weight is 366 g/mol. The summed E-state index contributed by atoms with van der Waals surface area (Å²) in [5, 5.41) is 41.5. The molecule has 130 valence electrons. The van der Waals surface area contributed by atoms with Gasteiger partial charge in [0.15, 0.2) is 17.8 Å². The van der Waals surface area contributed by atoms with Gasteiger partial charge in [-0.15, -0.1) is 0 Å². The molecule has 0 spiro atoms. The molecule has 0 heterocycles. The minimum atomic E-state index is -0.798. The van der Waals surface area contributed by atoms with Crippen molar-refractivity contribution in [3.05, 3.63) is 50.1 Å². The molecule has 0 amide bonds. The molecule has 0 aliphatic carbocycles. The van der Waals surface area contributed by atoms with E-state index in [0.717, 1.165) is 30.0 Å². The van der Waals surface area contributed by atoms with Crippen LogP contribution in [-0.2, 0) is 0 Å². The van der Waals surface area contributed by atoms with Gasteiger partial charge in [-0.2, -0.15) is 0 Å². The second-order valence-corrected chi connectivity index (χ2v) is 5.66. The number of ether oxygens (including phenoxy) is 1. The number of benzene rings is 2. The second kappa shape index (κ2) is 7.05.